The van der Waals surface area contributed by atoms with Crippen LogP contribution in [0.15, 0.2) is 0 Å². The molecule has 1 aliphatic heterocycles. The summed E-state index contributed by atoms with van der Waals surface area (Å²) in [5.74, 6) is 1.48. The zero-order valence-corrected chi connectivity index (χ0v) is 10.9. The summed E-state index contributed by atoms with van der Waals surface area (Å²) in [6.45, 7) is 2.19. The molecule has 5 heteroatoms. The molecule has 1 N–H and O–H groups in total. The number of alkyl carbamates (subject to hydrolysis) is 1. The van der Waals surface area contributed by atoms with Gasteiger partial charge in [0.1, 0.15) is 0 Å². The maximum atomic E-state index is 11.3. The highest BCUT2D eigenvalue weighted by molar-refractivity contribution is 5.67. The van der Waals surface area contributed by atoms with Crippen molar-refractivity contribution in [2.24, 2.45) is 11.8 Å². The van der Waals surface area contributed by atoms with Gasteiger partial charge in [0, 0.05) is 19.1 Å². The van der Waals surface area contributed by atoms with Crippen LogP contribution < -0.4 is 5.32 Å². The Morgan fingerprint density at radius 3 is 2.83 bits per heavy atom. The van der Waals surface area contributed by atoms with Crippen molar-refractivity contribution in [3.63, 3.8) is 0 Å². The predicted molar refractivity (Wildman–Crippen MR) is 66.8 cm³/mol. The summed E-state index contributed by atoms with van der Waals surface area (Å²) in [7, 11) is 1.38. The van der Waals surface area contributed by atoms with Crippen LogP contribution in [-0.2, 0) is 4.74 Å². The van der Waals surface area contributed by atoms with Crippen molar-refractivity contribution in [2.75, 3.05) is 26.7 Å². The molecular weight excluding hydrogens is 230 g/mol. The molecule has 5 nitrogen and oxygen atoms in total. The fourth-order valence-electron chi connectivity index (χ4n) is 2.86. The van der Waals surface area contributed by atoms with Crippen molar-refractivity contribution in [1.29, 1.82) is 5.26 Å². The van der Waals surface area contributed by atoms with Crippen LogP contribution in [0.3, 0.4) is 0 Å². The molecule has 0 aromatic carbocycles. The van der Waals surface area contributed by atoms with E-state index >= 15 is 0 Å². The van der Waals surface area contributed by atoms with E-state index in [1.54, 1.807) is 0 Å². The quantitative estimate of drug-likeness (QED) is 0.766. The second-order valence-corrected chi connectivity index (χ2v) is 5.47. The molecule has 2 rings (SSSR count). The number of rotatable bonds is 4. The van der Waals surface area contributed by atoms with E-state index in [1.165, 1.54) is 26.4 Å². The third-order valence-electron chi connectivity index (χ3n) is 3.78. The average molecular weight is 251 g/mol. The number of piperidine rings is 1. The minimum Gasteiger partial charge on any atom is -0.453 e. The molecule has 0 aromatic heterocycles. The Bertz CT molecular complexity index is 336. The Balaban J connectivity index is 1.87. The average Bonchev–Trinajstić information content (AvgIpc) is 3.13. The van der Waals surface area contributed by atoms with E-state index in [2.05, 4.69) is 21.0 Å². The van der Waals surface area contributed by atoms with E-state index in [-0.39, 0.29) is 12.1 Å². The largest absolute Gasteiger partial charge is 0.453 e. The molecule has 0 bridgehead atoms. The monoisotopic (exact) mass is 251 g/mol. The summed E-state index contributed by atoms with van der Waals surface area (Å²) >= 11 is 0. The Morgan fingerprint density at radius 1 is 1.44 bits per heavy atom. The lowest BCUT2D eigenvalue weighted by Crippen LogP contribution is -2.50. The van der Waals surface area contributed by atoms with Gasteiger partial charge in [-0.25, -0.2) is 4.79 Å². The summed E-state index contributed by atoms with van der Waals surface area (Å²) in [6, 6.07) is 2.31. The highest BCUT2D eigenvalue weighted by Gasteiger charge is 2.32. The lowest BCUT2D eigenvalue weighted by Gasteiger charge is -2.36. The van der Waals surface area contributed by atoms with Gasteiger partial charge in [-0.3, -0.25) is 4.90 Å². The number of nitrogens with zero attached hydrogens (tertiary/aromatic N) is 2. The first-order valence-electron chi connectivity index (χ1n) is 6.65. The minimum absolute atomic E-state index is 0.114. The highest BCUT2D eigenvalue weighted by Crippen LogP contribution is 2.37. The van der Waals surface area contributed by atoms with Crippen LogP contribution in [0.25, 0.3) is 0 Å². The maximum absolute atomic E-state index is 11.3. The molecule has 2 fully saturated rings. The molecule has 0 aromatic rings. The van der Waals surface area contributed by atoms with Crippen LogP contribution in [0.2, 0.25) is 0 Å². The van der Waals surface area contributed by atoms with Crippen LogP contribution in [0, 0.1) is 23.2 Å². The Labute approximate surface area is 108 Å². The molecule has 2 aliphatic rings. The van der Waals surface area contributed by atoms with Gasteiger partial charge >= 0.3 is 6.09 Å². The van der Waals surface area contributed by atoms with Crippen LogP contribution in [-0.4, -0.2) is 43.8 Å². The molecule has 0 spiro atoms. The topological polar surface area (TPSA) is 65.4 Å². The zero-order chi connectivity index (χ0) is 13.0. The molecule has 0 radical (unpaired) electrons. The van der Waals surface area contributed by atoms with E-state index in [0.717, 1.165) is 25.4 Å². The zero-order valence-electron chi connectivity index (χ0n) is 10.9. The van der Waals surface area contributed by atoms with E-state index in [0.29, 0.717) is 12.5 Å². The van der Waals surface area contributed by atoms with Crippen molar-refractivity contribution in [1.82, 2.24) is 10.2 Å². The van der Waals surface area contributed by atoms with Gasteiger partial charge in [-0.2, -0.15) is 5.26 Å². The number of nitrogens with one attached hydrogen (secondary N) is 1. The lowest BCUT2D eigenvalue weighted by molar-refractivity contribution is 0.128. The normalized spacial score (nSPS) is 28.4. The van der Waals surface area contributed by atoms with Gasteiger partial charge in [-0.15, -0.1) is 0 Å². The number of carbonyl (C=O) groups is 1. The number of likely N-dealkylation sites (tertiary alicyclic amines) is 1. The number of carbonyl (C=O) groups excluding carboxylic acids is 1. The summed E-state index contributed by atoms with van der Waals surface area (Å²) in [5, 5.41) is 11.7. The minimum atomic E-state index is -0.371. The summed E-state index contributed by atoms with van der Waals surface area (Å²) in [6.07, 6.45) is 4.58. The fourth-order valence-corrected chi connectivity index (χ4v) is 2.86. The van der Waals surface area contributed by atoms with E-state index < -0.39 is 0 Å². The SMILES string of the molecule is COC(=O)NC1CC(CC2CC2)CN(CC#N)C1. The van der Waals surface area contributed by atoms with Gasteiger partial charge in [-0.1, -0.05) is 12.8 Å². The molecule has 2 unspecified atom stereocenters. The van der Waals surface area contributed by atoms with Crippen LogP contribution >= 0.6 is 0 Å². The molecule has 100 valence electrons. The van der Waals surface area contributed by atoms with E-state index in [1.807, 2.05) is 0 Å². The van der Waals surface area contributed by atoms with Gasteiger partial charge in [0.25, 0.3) is 0 Å². The van der Waals surface area contributed by atoms with E-state index in [9.17, 15) is 4.79 Å². The molecule has 2 atom stereocenters. The summed E-state index contributed by atoms with van der Waals surface area (Å²) < 4.78 is 4.64. The Morgan fingerprint density at radius 2 is 2.22 bits per heavy atom. The predicted octanol–water partition coefficient (Wildman–Crippen LogP) is 1.36. The Kier molecular flexibility index (Phi) is 4.43. The van der Waals surface area contributed by atoms with Gasteiger partial charge in [-0.05, 0) is 24.7 Å². The molecule has 1 saturated carbocycles. The summed E-state index contributed by atoms with van der Waals surface area (Å²) in [4.78, 5) is 13.4. The van der Waals surface area contributed by atoms with Crippen molar-refractivity contribution in [2.45, 2.75) is 31.7 Å². The smallest absolute Gasteiger partial charge is 0.407 e. The van der Waals surface area contributed by atoms with Crippen molar-refractivity contribution < 1.29 is 9.53 Å². The third kappa shape index (κ3) is 3.88. The first-order chi connectivity index (χ1) is 8.71. The van der Waals surface area contributed by atoms with E-state index in [4.69, 9.17) is 5.26 Å². The fraction of sp³-hybridized carbons (Fsp3) is 0.846. The third-order valence-corrected chi connectivity index (χ3v) is 3.78. The van der Waals surface area contributed by atoms with Gasteiger partial charge in [0.05, 0.1) is 19.7 Å². The summed E-state index contributed by atoms with van der Waals surface area (Å²) in [5.41, 5.74) is 0. The van der Waals surface area contributed by atoms with Gasteiger partial charge < -0.3 is 10.1 Å². The van der Waals surface area contributed by atoms with Crippen molar-refractivity contribution in [3.05, 3.63) is 0 Å². The number of amides is 1. The first kappa shape index (κ1) is 13.2. The van der Waals surface area contributed by atoms with Crippen LogP contribution in [0.4, 0.5) is 4.79 Å². The van der Waals surface area contributed by atoms with Gasteiger partial charge in [0.2, 0.25) is 0 Å². The van der Waals surface area contributed by atoms with Gasteiger partial charge in [0.15, 0.2) is 0 Å². The maximum Gasteiger partial charge on any atom is 0.407 e. The highest BCUT2D eigenvalue weighted by atomic mass is 16.5. The number of nitriles is 1. The lowest BCUT2D eigenvalue weighted by atomic mass is 9.90. The molecule has 1 aliphatic carbocycles. The molecule has 1 saturated heterocycles. The first-order valence-corrected chi connectivity index (χ1v) is 6.65. The second kappa shape index (κ2) is 6.05. The number of methoxy groups -OCH3 is 1. The number of hydrogen-bond acceptors (Lipinski definition) is 4. The van der Waals surface area contributed by atoms with Crippen molar-refractivity contribution in [3.8, 4) is 6.07 Å². The molecule has 1 heterocycles. The molecular formula is C13H21N3O2. The standard InChI is InChI=1S/C13H21N3O2/c1-18-13(17)15-12-7-11(6-10-2-3-10)8-16(9-12)5-4-14/h10-12H,2-3,5-9H2,1H3,(H,15,17). The van der Waals surface area contributed by atoms with Crippen LogP contribution in [0.1, 0.15) is 25.7 Å². The molecule has 18 heavy (non-hydrogen) atoms. The van der Waals surface area contributed by atoms with Crippen molar-refractivity contribution >= 4 is 6.09 Å². The van der Waals surface area contributed by atoms with Crippen LogP contribution in [0.5, 0.6) is 0 Å². The number of hydrogen-bond donors (Lipinski definition) is 1. The number of ether oxygens (including phenoxy) is 1. The Hall–Kier alpha value is -1.28. The molecule has 1 amide bonds. The second-order valence-electron chi connectivity index (χ2n) is 5.47.